The van der Waals surface area contributed by atoms with Crippen molar-refractivity contribution < 1.29 is 25.2 Å². The highest BCUT2D eigenvalue weighted by Crippen LogP contribution is 2.37. The molecule has 0 bridgehead atoms. The van der Waals surface area contributed by atoms with E-state index in [1.807, 2.05) is 0 Å². The molecule has 0 atom stereocenters. The first-order valence-corrected chi connectivity index (χ1v) is 6.24. The highest BCUT2D eigenvalue weighted by molar-refractivity contribution is 5.53. The number of phenolic OH excluding ortho intramolecular Hbond substituents is 3. The molecular weight excluding hydrogens is 250 g/mol. The largest absolute Gasteiger partial charge is 0.504 e. The summed E-state index contributed by atoms with van der Waals surface area (Å²) in [6.45, 7) is 1.45. The number of benzene rings is 1. The van der Waals surface area contributed by atoms with E-state index in [0.717, 1.165) is 0 Å². The van der Waals surface area contributed by atoms with E-state index in [9.17, 15) is 20.4 Å². The summed E-state index contributed by atoms with van der Waals surface area (Å²) in [7, 11) is 0. The van der Waals surface area contributed by atoms with Crippen molar-refractivity contribution in [2.45, 2.75) is 24.9 Å². The molecule has 6 heteroatoms. The van der Waals surface area contributed by atoms with Crippen LogP contribution < -0.4 is 5.32 Å². The highest BCUT2D eigenvalue weighted by Gasteiger charge is 2.31. The number of ether oxygens (including phenoxy) is 1. The van der Waals surface area contributed by atoms with Crippen LogP contribution in [0.25, 0.3) is 0 Å². The summed E-state index contributed by atoms with van der Waals surface area (Å²) in [5.74, 6) is -1.22. The molecule has 0 saturated carbocycles. The zero-order valence-corrected chi connectivity index (χ0v) is 10.6. The van der Waals surface area contributed by atoms with Gasteiger partial charge in [-0.2, -0.15) is 0 Å². The molecule has 1 heterocycles. The van der Waals surface area contributed by atoms with Crippen molar-refractivity contribution in [3.63, 3.8) is 0 Å². The van der Waals surface area contributed by atoms with Gasteiger partial charge in [0.15, 0.2) is 11.5 Å². The third-order valence-corrected chi connectivity index (χ3v) is 3.62. The fourth-order valence-corrected chi connectivity index (χ4v) is 2.19. The second kappa shape index (κ2) is 5.64. The van der Waals surface area contributed by atoms with Gasteiger partial charge >= 0.3 is 0 Å². The predicted octanol–water partition coefficient (Wildman–Crippen LogP) is 0.434. The van der Waals surface area contributed by atoms with Gasteiger partial charge in [0.05, 0.1) is 6.61 Å². The Labute approximate surface area is 111 Å². The van der Waals surface area contributed by atoms with Gasteiger partial charge in [0.1, 0.15) is 0 Å². The van der Waals surface area contributed by atoms with Crippen LogP contribution in [0.15, 0.2) is 12.1 Å². The molecular formula is C13H19NO5. The first-order chi connectivity index (χ1) is 9.08. The van der Waals surface area contributed by atoms with Gasteiger partial charge in [0.2, 0.25) is 5.75 Å². The first-order valence-electron chi connectivity index (χ1n) is 6.24. The fraction of sp³-hybridized carbons (Fsp3) is 0.538. The average molecular weight is 269 g/mol. The van der Waals surface area contributed by atoms with Gasteiger partial charge in [0, 0.05) is 30.9 Å². The molecule has 0 spiro atoms. The van der Waals surface area contributed by atoms with Crippen LogP contribution >= 0.6 is 0 Å². The van der Waals surface area contributed by atoms with E-state index >= 15 is 0 Å². The van der Waals surface area contributed by atoms with E-state index in [4.69, 9.17) is 4.74 Å². The number of nitrogens with one attached hydrogen (secondary N) is 1. The molecule has 0 amide bonds. The van der Waals surface area contributed by atoms with Crippen molar-refractivity contribution in [2.24, 2.45) is 0 Å². The first kappa shape index (κ1) is 13.9. The van der Waals surface area contributed by atoms with Gasteiger partial charge in [-0.3, -0.25) is 0 Å². The van der Waals surface area contributed by atoms with Crippen molar-refractivity contribution in [2.75, 3.05) is 19.8 Å². The molecule has 2 rings (SSSR count). The second-order valence-electron chi connectivity index (χ2n) is 4.85. The lowest BCUT2D eigenvalue weighted by Gasteiger charge is -2.36. The van der Waals surface area contributed by atoms with Gasteiger partial charge in [-0.1, -0.05) is 6.07 Å². The van der Waals surface area contributed by atoms with E-state index < -0.39 is 11.3 Å². The van der Waals surface area contributed by atoms with Crippen LogP contribution in [0, 0.1) is 0 Å². The molecule has 0 aliphatic carbocycles. The van der Waals surface area contributed by atoms with Gasteiger partial charge in [0.25, 0.3) is 0 Å². The molecule has 1 aliphatic rings. The SMILES string of the molecule is OCC1(NCc2ccc(O)c(O)c2O)CCOCC1. The molecule has 106 valence electrons. The van der Waals surface area contributed by atoms with Crippen molar-refractivity contribution >= 4 is 0 Å². The van der Waals surface area contributed by atoms with Crippen LogP contribution in [-0.4, -0.2) is 45.8 Å². The zero-order chi connectivity index (χ0) is 13.9. The maximum absolute atomic E-state index is 9.73. The topological polar surface area (TPSA) is 102 Å². The molecule has 1 fully saturated rings. The minimum absolute atomic E-state index is 0.0127. The lowest BCUT2D eigenvalue weighted by molar-refractivity contribution is 0.0111. The summed E-state index contributed by atoms with van der Waals surface area (Å²) in [6.07, 6.45) is 1.38. The van der Waals surface area contributed by atoms with Crippen LogP contribution in [0.3, 0.4) is 0 Å². The minimum Gasteiger partial charge on any atom is -0.504 e. The standard InChI is InChI=1S/C13H19NO5/c15-8-13(3-5-19-6-4-13)14-7-9-1-2-10(16)12(18)11(9)17/h1-2,14-18H,3-8H2. The maximum Gasteiger partial charge on any atom is 0.200 e. The predicted molar refractivity (Wildman–Crippen MR) is 68.1 cm³/mol. The number of aromatic hydroxyl groups is 3. The number of aliphatic hydroxyl groups excluding tert-OH is 1. The molecule has 0 unspecified atom stereocenters. The van der Waals surface area contributed by atoms with Crippen LogP contribution in [0.5, 0.6) is 17.2 Å². The molecule has 0 radical (unpaired) electrons. The quantitative estimate of drug-likeness (QED) is 0.508. The van der Waals surface area contributed by atoms with E-state index in [2.05, 4.69) is 5.32 Å². The van der Waals surface area contributed by atoms with Gasteiger partial charge < -0.3 is 30.5 Å². The zero-order valence-electron chi connectivity index (χ0n) is 10.6. The van der Waals surface area contributed by atoms with Gasteiger partial charge in [-0.15, -0.1) is 0 Å². The van der Waals surface area contributed by atoms with Crippen molar-refractivity contribution in [1.82, 2.24) is 5.32 Å². The molecule has 5 N–H and O–H groups in total. The molecule has 1 aromatic rings. The fourth-order valence-electron chi connectivity index (χ4n) is 2.19. The lowest BCUT2D eigenvalue weighted by atomic mass is 9.90. The molecule has 6 nitrogen and oxygen atoms in total. The van der Waals surface area contributed by atoms with E-state index in [-0.39, 0.29) is 18.1 Å². The summed E-state index contributed by atoms with van der Waals surface area (Å²) in [6, 6.07) is 2.85. The van der Waals surface area contributed by atoms with Crippen LogP contribution in [0.1, 0.15) is 18.4 Å². The summed E-state index contributed by atoms with van der Waals surface area (Å²) < 4.78 is 5.26. The van der Waals surface area contributed by atoms with E-state index in [1.54, 1.807) is 0 Å². The molecule has 19 heavy (non-hydrogen) atoms. The number of phenols is 3. The lowest BCUT2D eigenvalue weighted by Crippen LogP contribution is -2.51. The van der Waals surface area contributed by atoms with Crippen molar-refractivity contribution in [1.29, 1.82) is 0 Å². The Morgan fingerprint density at radius 2 is 1.79 bits per heavy atom. The highest BCUT2D eigenvalue weighted by atomic mass is 16.5. The molecule has 1 saturated heterocycles. The average Bonchev–Trinajstić information content (AvgIpc) is 2.45. The Morgan fingerprint density at radius 3 is 2.42 bits per heavy atom. The number of hydrogen-bond acceptors (Lipinski definition) is 6. The number of rotatable bonds is 4. The van der Waals surface area contributed by atoms with Gasteiger partial charge in [-0.05, 0) is 18.9 Å². The Hall–Kier alpha value is -1.50. The number of hydrogen-bond donors (Lipinski definition) is 5. The third kappa shape index (κ3) is 2.91. The van der Waals surface area contributed by atoms with E-state index in [0.29, 0.717) is 38.2 Å². The molecule has 1 aliphatic heterocycles. The summed E-state index contributed by atoms with van der Waals surface area (Å²) in [5.41, 5.74) is 0.0488. The Kier molecular flexibility index (Phi) is 4.14. The van der Waals surface area contributed by atoms with Gasteiger partial charge in [-0.25, -0.2) is 0 Å². The van der Waals surface area contributed by atoms with Crippen LogP contribution in [0.2, 0.25) is 0 Å². The molecule has 1 aromatic carbocycles. The maximum atomic E-state index is 9.73. The Morgan fingerprint density at radius 1 is 1.11 bits per heavy atom. The normalized spacial score (nSPS) is 18.4. The second-order valence-corrected chi connectivity index (χ2v) is 4.85. The smallest absolute Gasteiger partial charge is 0.200 e. The van der Waals surface area contributed by atoms with E-state index in [1.165, 1.54) is 12.1 Å². The summed E-state index contributed by atoms with van der Waals surface area (Å²) in [5, 5.41) is 41.2. The van der Waals surface area contributed by atoms with Crippen LogP contribution in [-0.2, 0) is 11.3 Å². The summed E-state index contributed by atoms with van der Waals surface area (Å²) >= 11 is 0. The monoisotopic (exact) mass is 269 g/mol. The minimum atomic E-state index is -0.524. The van der Waals surface area contributed by atoms with Crippen LogP contribution in [0.4, 0.5) is 0 Å². The van der Waals surface area contributed by atoms with Crippen molar-refractivity contribution in [3.8, 4) is 17.2 Å². The third-order valence-electron chi connectivity index (χ3n) is 3.62. The summed E-state index contributed by atoms with van der Waals surface area (Å²) in [4.78, 5) is 0. The number of aliphatic hydroxyl groups is 1. The van der Waals surface area contributed by atoms with Crippen molar-refractivity contribution in [3.05, 3.63) is 17.7 Å². The Bertz CT molecular complexity index is 443. The molecule has 0 aromatic heterocycles. The Balaban J connectivity index is 2.07.